The predicted molar refractivity (Wildman–Crippen MR) is 283 cm³/mol. The zero-order valence-corrected chi connectivity index (χ0v) is 38.0. The first-order valence-corrected chi connectivity index (χ1v) is 23.7. The summed E-state index contributed by atoms with van der Waals surface area (Å²) < 4.78 is 0. The van der Waals surface area contributed by atoms with Crippen molar-refractivity contribution in [1.82, 2.24) is 5.32 Å². The highest BCUT2D eigenvalue weighted by molar-refractivity contribution is 6.30. The van der Waals surface area contributed by atoms with Gasteiger partial charge >= 0.3 is 0 Å². The quantitative estimate of drug-likeness (QED) is 0.156. The summed E-state index contributed by atoms with van der Waals surface area (Å²) in [5.41, 5.74) is 23.8. The molecule has 3 atom stereocenters. The summed E-state index contributed by atoms with van der Waals surface area (Å²) in [6, 6.07) is 48.5. The van der Waals surface area contributed by atoms with Gasteiger partial charge in [-0.25, -0.2) is 0 Å². The van der Waals surface area contributed by atoms with Crippen molar-refractivity contribution >= 4 is 77.8 Å². The summed E-state index contributed by atoms with van der Waals surface area (Å²) in [7, 11) is 6.04. The Morgan fingerprint density at radius 3 is 1.86 bits per heavy atom. The van der Waals surface area contributed by atoms with Crippen molar-refractivity contribution in [3.8, 4) is 44.5 Å². The lowest BCUT2D eigenvalue weighted by Crippen LogP contribution is -2.37. The number of hydrogen-bond donors (Lipinski definition) is 3. The van der Waals surface area contributed by atoms with E-state index < -0.39 is 0 Å². The third kappa shape index (κ3) is 4.72. The van der Waals surface area contributed by atoms with Gasteiger partial charge in [0.1, 0.15) is 0 Å². The van der Waals surface area contributed by atoms with Gasteiger partial charge in [-0.3, -0.25) is 0 Å². The Hall–Kier alpha value is -7.62. The Balaban J connectivity index is 1.05. The monoisotopic (exact) mass is 847 g/mol. The Morgan fingerprint density at radius 2 is 1.17 bits per heavy atom. The van der Waals surface area contributed by atoms with Crippen LogP contribution in [-0.4, -0.2) is 21.1 Å². The van der Waals surface area contributed by atoms with Crippen molar-refractivity contribution < 1.29 is 0 Å². The topological polar surface area (TPSA) is 36.1 Å². The van der Waals surface area contributed by atoms with Crippen LogP contribution < -0.4 is 21.2 Å². The summed E-state index contributed by atoms with van der Waals surface area (Å²) in [4.78, 5) is 0. The molecule has 9 aromatic carbocycles. The van der Waals surface area contributed by atoms with Crippen molar-refractivity contribution in [2.75, 3.05) is 31.8 Å². The fraction of sp³-hybridized carbons (Fsp3) is 0.143. The van der Waals surface area contributed by atoms with E-state index >= 15 is 0 Å². The zero-order valence-electron chi connectivity index (χ0n) is 38.0. The molecule has 5 aliphatic carbocycles. The van der Waals surface area contributed by atoms with E-state index in [4.69, 9.17) is 0 Å². The maximum absolute atomic E-state index is 3.49. The van der Waals surface area contributed by atoms with Crippen molar-refractivity contribution in [3.63, 3.8) is 0 Å². The van der Waals surface area contributed by atoms with Gasteiger partial charge in [0, 0.05) is 49.5 Å². The molecule has 3 heteroatoms. The fourth-order valence-electron chi connectivity index (χ4n) is 13.4. The van der Waals surface area contributed by atoms with E-state index in [2.05, 4.69) is 201 Å². The molecule has 14 rings (SSSR count). The van der Waals surface area contributed by atoms with Crippen molar-refractivity contribution in [2.24, 2.45) is 5.92 Å². The second-order valence-corrected chi connectivity index (χ2v) is 19.4. The average Bonchev–Trinajstić information content (AvgIpc) is 3.83. The molecule has 0 heterocycles. The maximum Gasteiger partial charge on any atom is 0.0337 e. The molecule has 3 nitrogen and oxygen atoms in total. The molecule has 9 aromatic rings. The number of allylic oxidation sites excluding steroid dienone is 7. The van der Waals surface area contributed by atoms with Crippen molar-refractivity contribution in [1.29, 1.82) is 0 Å². The summed E-state index contributed by atoms with van der Waals surface area (Å²) in [6.45, 7) is 4.94. The van der Waals surface area contributed by atoms with Gasteiger partial charge in [-0.1, -0.05) is 141 Å². The van der Waals surface area contributed by atoms with E-state index in [1.54, 1.807) is 0 Å². The van der Waals surface area contributed by atoms with Gasteiger partial charge in [-0.15, -0.1) is 0 Å². The van der Waals surface area contributed by atoms with Crippen LogP contribution in [0.4, 0.5) is 11.4 Å². The fourth-order valence-corrected chi connectivity index (χ4v) is 13.4. The molecular formula is C63H49N3. The Morgan fingerprint density at radius 1 is 0.515 bits per heavy atom. The minimum Gasteiger partial charge on any atom is -0.391 e. The van der Waals surface area contributed by atoms with E-state index in [1.165, 1.54) is 137 Å². The van der Waals surface area contributed by atoms with E-state index in [0.29, 0.717) is 5.92 Å². The van der Waals surface area contributed by atoms with Crippen LogP contribution in [0.1, 0.15) is 54.0 Å². The lowest BCUT2D eigenvalue weighted by molar-refractivity contribution is 0.563. The van der Waals surface area contributed by atoms with Crippen molar-refractivity contribution in [2.45, 2.75) is 31.6 Å². The summed E-state index contributed by atoms with van der Waals surface area (Å²) in [5.74, 6) is 0.555. The van der Waals surface area contributed by atoms with E-state index in [9.17, 15) is 0 Å². The molecule has 0 amide bonds. The Labute approximate surface area is 385 Å². The van der Waals surface area contributed by atoms with Crippen LogP contribution in [0.15, 0.2) is 157 Å². The first-order valence-electron chi connectivity index (χ1n) is 23.7. The van der Waals surface area contributed by atoms with E-state index in [-0.39, 0.29) is 11.3 Å². The standard InChI is InChI=1S/C63H49N3/c1-34-32-37(18-31-54(34)66-5)56-43-13-9-8-12-42(43)55(36-16-21-39(65-4)22-17-36)60-52-29-27-47-44-23-24-46-51-33-50(35-14-19-38(64-3)20-15-35)40-10-6-7-11-41(40)57(51)49-26-25-45(58(44)59(46)49)48-28-30-53(61(56)60)63(52,2)62(47)48/h6-31,33-34,53,64-66H,32H2,1-5H3. The minimum absolute atomic E-state index is 0.157. The van der Waals surface area contributed by atoms with Crippen LogP contribution in [0.3, 0.4) is 0 Å². The average molecular weight is 848 g/mol. The number of anilines is 2. The summed E-state index contributed by atoms with van der Waals surface area (Å²) in [5, 5.41) is 22.3. The third-order valence-corrected chi connectivity index (χ3v) is 16.4. The van der Waals surface area contributed by atoms with Crippen LogP contribution in [0.5, 0.6) is 0 Å². The lowest BCUT2D eigenvalue weighted by Gasteiger charge is -2.40. The molecule has 0 aromatic heterocycles. The Bertz CT molecular complexity index is 3860. The van der Waals surface area contributed by atoms with Crippen LogP contribution in [0.2, 0.25) is 0 Å². The molecule has 66 heavy (non-hydrogen) atoms. The molecule has 3 N–H and O–H groups in total. The largest absolute Gasteiger partial charge is 0.391 e. The smallest absolute Gasteiger partial charge is 0.0337 e. The molecular weight excluding hydrogens is 799 g/mol. The van der Waals surface area contributed by atoms with Gasteiger partial charge < -0.3 is 16.0 Å². The van der Waals surface area contributed by atoms with Gasteiger partial charge in [0.05, 0.1) is 0 Å². The molecule has 0 aliphatic heterocycles. The second-order valence-electron chi connectivity index (χ2n) is 19.4. The Kier molecular flexibility index (Phi) is 7.70. The first kappa shape index (κ1) is 37.7. The molecule has 0 fully saturated rings. The highest BCUT2D eigenvalue weighted by Gasteiger charge is 2.53. The predicted octanol–water partition coefficient (Wildman–Crippen LogP) is 14.9. The molecule has 0 radical (unpaired) electrons. The van der Waals surface area contributed by atoms with Crippen LogP contribution in [-0.2, 0) is 5.41 Å². The molecule has 316 valence electrons. The molecule has 0 spiro atoms. The second kappa shape index (κ2) is 13.5. The van der Waals surface area contributed by atoms with Gasteiger partial charge in [0.25, 0.3) is 0 Å². The normalized spacial score (nSPS) is 19.3. The molecule has 3 unspecified atom stereocenters. The van der Waals surface area contributed by atoms with Crippen molar-refractivity contribution in [3.05, 3.63) is 190 Å². The molecule has 0 saturated carbocycles. The van der Waals surface area contributed by atoms with Crippen LogP contribution in [0, 0.1) is 5.92 Å². The van der Waals surface area contributed by atoms with E-state index in [1.807, 2.05) is 14.1 Å². The van der Waals surface area contributed by atoms with Crippen LogP contribution >= 0.6 is 0 Å². The van der Waals surface area contributed by atoms with Crippen LogP contribution in [0.25, 0.3) is 111 Å². The minimum atomic E-state index is -0.284. The maximum atomic E-state index is 3.49. The van der Waals surface area contributed by atoms with E-state index in [0.717, 1.165) is 17.8 Å². The lowest BCUT2D eigenvalue weighted by atomic mass is 9.62. The number of fused-ring (bicyclic) bond motifs is 11. The van der Waals surface area contributed by atoms with Gasteiger partial charge in [-0.05, 0) is 181 Å². The summed E-state index contributed by atoms with van der Waals surface area (Å²) >= 11 is 0. The first-order chi connectivity index (χ1) is 32.4. The molecule has 0 saturated heterocycles. The summed E-state index contributed by atoms with van der Waals surface area (Å²) in [6.07, 6.45) is 15.8. The number of rotatable bonds is 6. The number of hydrogen-bond acceptors (Lipinski definition) is 3. The number of benzene rings is 9. The highest BCUT2D eigenvalue weighted by atomic mass is 14.8. The zero-order chi connectivity index (χ0) is 44.2. The van der Waals surface area contributed by atoms with Gasteiger partial charge in [0.2, 0.25) is 0 Å². The molecule has 0 bridgehead atoms. The number of nitrogens with one attached hydrogen (secondary N) is 3. The van der Waals surface area contributed by atoms with Gasteiger partial charge in [0.15, 0.2) is 0 Å². The highest BCUT2D eigenvalue weighted by Crippen LogP contribution is 2.65. The third-order valence-electron chi connectivity index (χ3n) is 16.4. The SMILES string of the molecule is CNC1=CC=C(c2c3c(c(-c4ccc(NC)cc4)c4ccccc24)C2=CC=c4c5c(c6ccc7c8c(ccc4c68)-c4cc(-c6ccc(NC)cc6)c6ccccc6c4-7)C=CC3C25C)CC1C. The molecule has 5 aliphatic rings. The van der Waals surface area contributed by atoms with Gasteiger partial charge in [-0.2, -0.15) is 0 Å².